The summed E-state index contributed by atoms with van der Waals surface area (Å²) in [5.41, 5.74) is 2.60. The third-order valence-electron chi connectivity index (χ3n) is 5.04. The molecule has 0 spiro atoms. The van der Waals surface area contributed by atoms with Crippen molar-refractivity contribution in [1.29, 1.82) is 0 Å². The summed E-state index contributed by atoms with van der Waals surface area (Å²) in [5.74, 6) is 0.872. The Kier molecular flexibility index (Phi) is 3.06. The summed E-state index contributed by atoms with van der Waals surface area (Å²) in [5, 5.41) is 11.2. The fourth-order valence-corrected chi connectivity index (χ4v) is 3.82. The van der Waals surface area contributed by atoms with Gasteiger partial charge < -0.3 is 9.84 Å². The number of fused-ring (bicyclic) bond motifs is 1. The number of ether oxygens (including phenoxy) is 1. The second-order valence-electron chi connectivity index (χ2n) is 5.96. The molecule has 2 atom stereocenters. The van der Waals surface area contributed by atoms with Gasteiger partial charge in [0.1, 0.15) is 11.4 Å². The summed E-state index contributed by atoms with van der Waals surface area (Å²) in [4.78, 5) is 2.43. The third kappa shape index (κ3) is 1.79. The van der Waals surface area contributed by atoms with E-state index in [9.17, 15) is 5.11 Å². The van der Waals surface area contributed by atoms with Gasteiger partial charge in [0.05, 0.1) is 7.11 Å². The van der Waals surface area contributed by atoms with E-state index in [2.05, 4.69) is 30.9 Å². The van der Waals surface area contributed by atoms with Gasteiger partial charge in [0.15, 0.2) is 0 Å². The Bertz CT molecular complexity index is 500. The summed E-state index contributed by atoms with van der Waals surface area (Å²) >= 11 is 0. The van der Waals surface area contributed by atoms with Gasteiger partial charge in [0.2, 0.25) is 0 Å². The Morgan fingerprint density at radius 2 is 2.11 bits per heavy atom. The van der Waals surface area contributed by atoms with Crippen LogP contribution in [-0.4, -0.2) is 36.2 Å². The second kappa shape index (κ2) is 4.50. The number of nitrogens with zero attached hydrogens (tertiary/aromatic N) is 1. The standard InChI is InChI=1S/C16H23NO2/c1-11-6-7-13(15(19-3)12(11)2)16(18)8-10-17-9-4-5-14(16)17/h6-7,14,18H,4-5,8-10H2,1-3H3. The summed E-state index contributed by atoms with van der Waals surface area (Å²) in [6.45, 7) is 6.28. The van der Waals surface area contributed by atoms with Crippen molar-refractivity contribution in [2.75, 3.05) is 20.2 Å². The molecule has 3 rings (SSSR count). The zero-order valence-electron chi connectivity index (χ0n) is 12.1. The number of hydrogen-bond acceptors (Lipinski definition) is 3. The number of aryl methyl sites for hydroxylation is 1. The van der Waals surface area contributed by atoms with E-state index >= 15 is 0 Å². The van der Waals surface area contributed by atoms with E-state index in [1.54, 1.807) is 7.11 Å². The number of rotatable bonds is 2. The minimum atomic E-state index is -0.736. The molecule has 0 radical (unpaired) electrons. The Morgan fingerprint density at radius 3 is 2.84 bits per heavy atom. The van der Waals surface area contributed by atoms with Crippen LogP contribution in [-0.2, 0) is 5.60 Å². The number of benzene rings is 1. The highest BCUT2D eigenvalue weighted by Gasteiger charge is 2.50. The maximum atomic E-state index is 11.2. The second-order valence-corrected chi connectivity index (χ2v) is 5.96. The zero-order chi connectivity index (χ0) is 13.6. The van der Waals surface area contributed by atoms with Gasteiger partial charge in [0, 0.05) is 18.2 Å². The largest absolute Gasteiger partial charge is 0.496 e. The van der Waals surface area contributed by atoms with E-state index in [1.165, 1.54) is 12.0 Å². The molecule has 1 aromatic rings. The number of aliphatic hydroxyl groups is 1. The molecule has 0 aliphatic carbocycles. The van der Waals surface area contributed by atoms with Crippen LogP contribution in [0, 0.1) is 13.8 Å². The minimum absolute atomic E-state index is 0.267. The summed E-state index contributed by atoms with van der Waals surface area (Å²) < 4.78 is 5.60. The van der Waals surface area contributed by atoms with Crippen LogP contribution in [0.2, 0.25) is 0 Å². The van der Waals surface area contributed by atoms with Crippen LogP contribution in [0.15, 0.2) is 12.1 Å². The molecule has 2 fully saturated rings. The normalized spacial score (nSPS) is 30.6. The van der Waals surface area contributed by atoms with Crippen LogP contribution in [0.4, 0.5) is 0 Å². The van der Waals surface area contributed by atoms with Crippen molar-refractivity contribution < 1.29 is 9.84 Å². The van der Waals surface area contributed by atoms with Gasteiger partial charge >= 0.3 is 0 Å². The molecule has 0 amide bonds. The molecule has 2 unspecified atom stereocenters. The van der Waals surface area contributed by atoms with E-state index in [-0.39, 0.29) is 6.04 Å². The summed E-state index contributed by atoms with van der Waals surface area (Å²) in [6.07, 6.45) is 3.10. The first-order valence-electron chi connectivity index (χ1n) is 7.19. The molecule has 3 nitrogen and oxygen atoms in total. The first kappa shape index (κ1) is 12.9. The predicted molar refractivity (Wildman–Crippen MR) is 75.6 cm³/mol. The molecule has 1 aromatic carbocycles. The molecular formula is C16H23NO2. The molecule has 2 saturated heterocycles. The zero-order valence-corrected chi connectivity index (χ0v) is 12.1. The average molecular weight is 261 g/mol. The first-order valence-corrected chi connectivity index (χ1v) is 7.19. The SMILES string of the molecule is COc1c(C2(O)CCN3CCCC32)ccc(C)c1C. The lowest BCUT2D eigenvalue weighted by Gasteiger charge is -2.32. The van der Waals surface area contributed by atoms with Crippen LogP contribution in [0.1, 0.15) is 36.0 Å². The molecular weight excluding hydrogens is 238 g/mol. The molecule has 3 heteroatoms. The van der Waals surface area contributed by atoms with E-state index < -0.39 is 5.60 Å². The van der Waals surface area contributed by atoms with Gasteiger partial charge in [0.25, 0.3) is 0 Å². The van der Waals surface area contributed by atoms with Gasteiger partial charge in [-0.05, 0) is 50.8 Å². The van der Waals surface area contributed by atoms with Crippen molar-refractivity contribution in [3.05, 3.63) is 28.8 Å². The van der Waals surface area contributed by atoms with Crippen LogP contribution in [0.5, 0.6) is 5.75 Å². The third-order valence-corrected chi connectivity index (χ3v) is 5.04. The predicted octanol–water partition coefficient (Wildman–Crippen LogP) is 2.37. The van der Waals surface area contributed by atoms with Crippen LogP contribution in [0.3, 0.4) is 0 Å². The van der Waals surface area contributed by atoms with E-state index in [0.29, 0.717) is 0 Å². The van der Waals surface area contributed by atoms with Crippen molar-refractivity contribution in [2.45, 2.75) is 44.8 Å². The molecule has 0 saturated carbocycles. The van der Waals surface area contributed by atoms with Crippen molar-refractivity contribution >= 4 is 0 Å². The van der Waals surface area contributed by atoms with Crippen molar-refractivity contribution in [2.24, 2.45) is 0 Å². The van der Waals surface area contributed by atoms with Gasteiger partial charge in [-0.25, -0.2) is 0 Å². The van der Waals surface area contributed by atoms with Gasteiger partial charge in [-0.1, -0.05) is 12.1 Å². The van der Waals surface area contributed by atoms with E-state index in [4.69, 9.17) is 4.74 Å². The first-order chi connectivity index (χ1) is 9.08. The van der Waals surface area contributed by atoms with Crippen molar-refractivity contribution in [3.8, 4) is 5.75 Å². The van der Waals surface area contributed by atoms with Crippen LogP contribution in [0.25, 0.3) is 0 Å². The molecule has 104 valence electrons. The molecule has 0 bridgehead atoms. The number of methoxy groups -OCH3 is 1. The average Bonchev–Trinajstić information content (AvgIpc) is 2.98. The van der Waals surface area contributed by atoms with E-state index in [1.807, 2.05) is 0 Å². The summed E-state index contributed by atoms with van der Waals surface area (Å²) in [6, 6.07) is 4.43. The molecule has 2 aliphatic rings. The Hall–Kier alpha value is -1.06. The molecule has 2 heterocycles. The fraction of sp³-hybridized carbons (Fsp3) is 0.625. The maximum absolute atomic E-state index is 11.2. The molecule has 0 aromatic heterocycles. The lowest BCUT2D eigenvalue weighted by atomic mass is 9.83. The Balaban J connectivity index is 2.09. The molecule has 19 heavy (non-hydrogen) atoms. The van der Waals surface area contributed by atoms with Crippen LogP contribution >= 0.6 is 0 Å². The van der Waals surface area contributed by atoms with Crippen molar-refractivity contribution in [3.63, 3.8) is 0 Å². The van der Waals surface area contributed by atoms with Crippen molar-refractivity contribution in [1.82, 2.24) is 4.90 Å². The van der Waals surface area contributed by atoms with E-state index in [0.717, 1.165) is 42.8 Å². The monoisotopic (exact) mass is 261 g/mol. The number of hydrogen-bond donors (Lipinski definition) is 1. The lowest BCUT2D eigenvalue weighted by molar-refractivity contribution is 0.00727. The minimum Gasteiger partial charge on any atom is -0.496 e. The van der Waals surface area contributed by atoms with Gasteiger partial charge in [-0.3, -0.25) is 4.90 Å². The molecule has 1 N–H and O–H groups in total. The molecule has 2 aliphatic heterocycles. The van der Waals surface area contributed by atoms with Crippen LogP contribution < -0.4 is 4.74 Å². The highest BCUT2D eigenvalue weighted by molar-refractivity contribution is 5.49. The van der Waals surface area contributed by atoms with Gasteiger partial charge in [-0.15, -0.1) is 0 Å². The Morgan fingerprint density at radius 1 is 1.32 bits per heavy atom. The Labute approximate surface area is 115 Å². The fourth-order valence-electron chi connectivity index (χ4n) is 3.82. The quantitative estimate of drug-likeness (QED) is 0.887. The highest BCUT2D eigenvalue weighted by Crippen LogP contribution is 2.46. The smallest absolute Gasteiger partial charge is 0.128 e. The van der Waals surface area contributed by atoms with Gasteiger partial charge in [-0.2, -0.15) is 0 Å². The lowest BCUT2D eigenvalue weighted by Crippen LogP contribution is -2.39. The topological polar surface area (TPSA) is 32.7 Å². The summed E-state index contributed by atoms with van der Waals surface area (Å²) in [7, 11) is 1.70. The highest BCUT2D eigenvalue weighted by atomic mass is 16.5. The maximum Gasteiger partial charge on any atom is 0.128 e.